The molecule has 1 aromatic rings. The van der Waals surface area contributed by atoms with Gasteiger partial charge in [0.15, 0.2) is 11.6 Å². The lowest BCUT2D eigenvalue weighted by molar-refractivity contribution is 0.0979. The first-order chi connectivity index (χ1) is 7.86. The van der Waals surface area contributed by atoms with E-state index < -0.39 is 0 Å². The average molecular weight is 224 g/mol. The Hall–Kier alpha value is -1.09. The molecular formula is C13H17FO2. The molecule has 2 nitrogen and oxygen atoms in total. The quantitative estimate of drug-likeness (QED) is 0.715. The van der Waals surface area contributed by atoms with E-state index in [1.807, 2.05) is 0 Å². The van der Waals surface area contributed by atoms with Gasteiger partial charge >= 0.3 is 0 Å². The van der Waals surface area contributed by atoms with Crippen molar-refractivity contribution in [3.05, 3.63) is 30.1 Å². The highest BCUT2D eigenvalue weighted by Crippen LogP contribution is 2.18. The molecule has 0 N–H and O–H groups in total. The van der Waals surface area contributed by atoms with E-state index in [1.54, 1.807) is 18.2 Å². The van der Waals surface area contributed by atoms with Crippen LogP contribution in [0.2, 0.25) is 0 Å². The Labute approximate surface area is 95.4 Å². The highest BCUT2D eigenvalue weighted by Gasteiger charge is 2.14. The van der Waals surface area contributed by atoms with Crippen molar-refractivity contribution in [1.29, 1.82) is 0 Å². The molecule has 1 aromatic carbocycles. The van der Waals surface area contributed by atoms with Gasteiger partial charge in [-0.25, -0.2) is 4.39 Å². The van der Waals surface area contributed by atoms with Gasteiger partial charge in [0, 0.05) is 6.61 Å². The molecular weight excluding hydrogens is 207 g/mol. The molecule has 0 aromatic heterocycles. The predicted molar refractivity (Wildman–Crippen MR) is 60.1 cm³/mol. The molecule has 1 heterocycles. The van der Waals surface area contributed by atoms with Crippen LogP contribution in [-0.4, -0.2) is 19.3 Å². The van der Waals surface area contributed by atoms with Crippen molar-refractivity contribution >= 4 is 0 Å². The van der Waals surface area contributed by atoms with Crippen LogP contribution in [0.4, 0.5) is 4.39 Å². The molecule has 1 saturated heterocycles. The van der Waals surface area contributed by atoms with E-state index >= 15 is 0 Å². The molecule has 0 spiro atoms. The Morgan fingerprint density at radius 1 is 1.38 bits per heavy atom. The van der Waals surface area contributed by atoms with Crippen LogP contribution in [0.1, 0.15) is 25.7 Å². The minimum Gasteiger partial charge on any atom is -0.491 e. The van der Waals surface area contributed by atoms with Crippen molar-refractivity contribution in [3.8, 4) is 5.75 Å². The molecule has 0 bridgehead atoms. The summed E-state index contributed by atoms with van der Waals surface area (Å²) in [7, 11) is 0. The fourth-order valence-corrected chi connectivity index (χ4v) is 1.93. The maximum atomic E-state index is 13.2. The van der Waals surface area contributed by atoms with Gasteiger partial charge in [0.25, 0.3) is 0 Å². The van der Waals surface area contributed by atoms with Crippen LogP contribution in [0.25, 0.3) is 0 Å². The Morgan fingerprint density at radius 3 is 3.00 bits per heavy atom. The zero-order chi connectivity index (χ0) is 11.2. The first kappa shape index (κ1) is 11.4. The summed E-state index contributed by atoms with van der Waals surface area (Å²) in [5.41, 5.74) is 0. The molecule has 0 amide bonds. The number of benzene rings is 1. The molecule has 2 rings (SSSR count). The fraction of sp³-hybridized carbons (Fsp3) is 0.538. The van der Waals surface area contributed by atoms with Crippen LogP contribution in [0.5, 0.6) is 5.75 Å². The summed E-state index contributed by atoms with van der Waals surface area (Å²) in [6.45, 7) is 1.44. The highest BCUT2D eigenvalue weighted by molar-refractivity contribution is 5.23. The second-order valence-corrected chi connectivity index (χ2v) is 4.06. The third kappa shape index (κ3) is 3.20. The van der Waals surface area contributed by atoms with Gasteiger partial charge in [0.2, 0.25) is 0 Å². The predicted octanol–water partition coefficient (Wildman–Crippen LogP) is 3.16. The summed E-state index contributed by atoms with van der Waals surface area (Å²) in [4.78, 5) is 0. The number of hydrogen-bond acceptors (Lipinski definition) is 2. The van der Waals surface area contributed by atoms with E-state index in [4.69, 9.17) is 9.47 Å². The van der Waals surface area contributed by atoms with Crippen LogP contribution in [0.15, 0.2) is 24.3 Å². The number of hydrogen-bond donors (Lipinski definition) is 0. The van der Waals surface area contributed by atoms with Gasteiger partial charge in [0.05, 0.1) is 12.7 Å². The van der Waals surface area contributed by atoms with Crippen LogP contribution in [0, 0.1) is 5.82 Å². The maximum absolute atomic E-state index is 13.2. The van der Waals surface area contributed by atoms with E-state index in [0.29, 0.717) is 18.5 Å². The van der Waals surface area contributed by atoms with Crippen LogP contribution >= 0.6 is 0 Å². The lowest BCUT2D eigenvalue weighted by Crippen LogP contribution is -2.08. The average Bonchev–Trinajstić information content (AvgIpc) is 2.79. The molecule has 1 atom stereocenters. The Morgan fingerprint density at radius 2 is 2.25 bits per heavy atom. The Bertz CT molecular complexity index is 321. The Balaban J connectivity index is 1.66. The molecule has 0 saturated carbocycles. The Kier molecular flexibility index (Phi) is 4.17. The molecule has 0 radical (unpaired) electrons. The second-order valence-electron chi connectivity index (χ2n) is 4.06. The first-order valence-corrected chi connectivity index (χ1v) is 5.85. The highest BCUT2D eigenvalue weighted by atomic mass is 19.1. The van der Waals surface area contributed by atoms with Gasteiger partial charge in [-0.1, -0.05) is 12.1 Å². The van der Waals surface area contributed by atoms with Crippen molar-refractivity contribution in [2.24, 2.45) is 0 Å². The molecule has 88 valence electrons. The zero-order valence-corrected chi connectivity index (χ0v) is 9.32. The topological polar surface area (TPSA) is 18.5 Å². The van der Waals surface area contributed by atoms with Crippen LogP contribution < -0.4 is 4.74 Å². The molecule has 1 unspecified atom stereocenters. The van der Waals surface area contributed by atoms with Gasteiger partial charge in [-0.2, -0.15) is 0 Å². The molecule has 16 heavy (non-hydrogen) atoms. The monoisotopic (exact) mass is 224 g/mol. The molecule has 1 aliphatic rings. The third-order valence-corrected chi connectivity index (χ3v) is 2.79. The van der Waals surface area contributed by atoms with Crippen LogP contribution in [-0.2, 0) is 4.74 Å². The van der Waals surface area contributed by atoms with E-state index in [0.717, 1.165) is 25.9 Å². The minimum absolute atomic E-state index is 0.292. The van der Waals surface area contributed by atoms with Crippen molar-refractivity contribution in [3.63, 3.8) is 0 Å². The molecule has 0 aliphatic carbocycles. The van der Waals surface area contributed by atoms with Crippen molar-refractivity contribution in [1.82, 2.24) is 0 Å². The van der Waals surface area contributed by atoms with E-state index in [-0.39, 0.29) is 5.82 Å². The van der Waals surface area contributed by atoms with Gasteiger partial charge in [0.1, 0.15) is 0 Å². The lowest BCUT2D eigenvalue weighted by Gasteiger charge is -2.10. The first-order valence-electron chi connectivity index (χ1n) is 5.85. The number of para-hydroxylation sites is 1. The second kappa shape index (κ2) is 5.85. The summed E-state index contributed by atoms with van der Waals surface area (Å²) in [5.74, 6) is 0.0504. The lowest BCUT2D eigenvalue weighted by atomic mass is 10.1. The minimum atomic E-state index is -0.292. The summed E-state index contributed by atoms with van der Waals surface area (Å²) >= 11 is 0. The molecule has 3 heteroatoms. The van der Waals surface area contributed by atoms with Crippen molar-refractivity contribution in [2.45, 2.75) is 31.8 Å². The number of rotatable bonds is 5. The van der Waals surface area contributed by atoms with Crippen LogP contribution in [0.3, 0.4) is 0 Å². The summed E-state index contributed by atoms with van der Waals surface area (Å²) in [6, 6.07) is 6.50. The summed E-state index contributed by atoms with van der Waals surface area (Å²) in [5, 5.41) is 0. The van der Waals surface area contributed by atoms with Crippen molar-refractivity contribution < 1.29 is 13.9 Å². The molecule has 1 aliphatic heterocycles. The maximum Gasteiger partial charge on any atom is 0.165 e. The van der Waals surface area contributed by atoms with Crippen molar-refractivity contribution in [2.75, 3.05) is 13.2 Å². The summed E-state index contributed by atoms with van der Waals surface area (Å²) < 4.78 is 24.0. The van der Waals surface area contributed by atoms with Gasteiger partial charge in [-0.15, -0.1) is 0 Å². The van der Waals surface area contributed by atoms with Gasteiger partial charge in [-0.3, -0.25) is 0 Å². The van der Waals surface area contributed by atoms with Gasteiger partial charge in [-0.05, 0) is 37.8 Å². The summed E-state index contributed by atoms with van der Waals surface area (Å²) in [6.07, 6.45) is 4.63. The number of ether oxygens (including phenoxy) is 2. The molecule has 1 fully saturated rings. The van der Waals surface area contributed by atoms with Gasteiger partial charge < -0.3 is 9.47 Å². The number of halogens is 1. The standard InChI is InChI=1S/C13H17FO2/c14-12-7-1-2-8-13(12)16-10-4-6-11-5-3-9-15-11/h1-2,7-8,11H,3-6,9-10H2. The third-order valence-electron chi connectivity index (χ3n) is 2.79. The van der Waals surface area contributed by atoms with E-state index in [1.165, 1.54) is 12.5 Å². The SMILES string of the molecule is Fc1ccccc1OCCCC1CCCO1. The smallest absolute Gasteiger partial charge is 0.165 e. The van der Waals surface area contributed by atoms with E-state index in [9.17, 15) is 4.39 Å². The fourth-order valence-electron chi connectivity index (χ4n) is 1.93. The normalized spacial score (nSPS) is 19.9. The largest absolute Gasteiger partial charge is 0.491 e. The van der Waals surface area contributed by atoms with E-state index in [2.05, 4.69) is 0 Å². The zero-order valence-electron chi connectivity index (χ0n) is 9.32.